The molecule has 24 heavy (non-hydrogen) atoms. The van der Waals surface area contributed by atoms with Crippen molar-refractivity contribution in [3.8, 4) is 0 Å². The van der Waals surface area contributed by atoms with E-state index in [9.17, 15) is 30.0 Å². The van der Waals surface area contributed by atoms with Gasteiger partial charge in [-0.25, -0.2) is 12.7 Å². The normalized spacial score (nSPS) is 21.5. The summed E-state index contributed by atoms with van der Waals surface area (Å²) < 4.78 is 89.7. The second-order valence-electron chi connectivity index (χ2n) is 5.35. The zero-order chi connectivity index (χ0) is 17.8. The molecule has 0 atom stereocenters. The molecule has 0 aromatic carbocycles. The van der Waals surface area contributed by atoms with Crippen LogP contribution >= 0.6 is 0 Å². The van der Waals surface area contributed by atoms with Gasteiger partial charge in [-0.05, 0) is 12.8 Å². The van der Waals surface area contributed by atoms with Crippen LogP contribution in [0.1, 0.15) is 25.3 Å². The van der Waals surface area contributed by atoms with E-state index >= 15 is 0 Å². The predicted octanol–water partition coefficient (Wildman–Crippen LogP) is 1.47. The summed E-state index contributed by atoms with van der Waals surface area (Å²) in [5, 5.41) is 4.00. The molecule has 134 valence electrons. The molecule has 1 aromatic rings. The third-order valence-corrected chi connectivity index (χ3v) is 6.07. The zero-order valence-corrected chi connectivity index (χ0v) is 13.6. The van der Waals surface area contributed by atoms with Crippen LogP contribution < -0.4 is 4.31 Å². The Morgan fingerprint density at radius 2 is 1.96 bits per heavy atom. The SMILES string of the molecule is O=S1(=O)CCC(OS(=O)(=O)C(F)(F)F)=CN1c1cnn(C2CC2)c1. The van der Waals surface area contributed by atoms with Gasteiger partial charge in [0.05, 0.1) is 29.9 Å². The number of aromatic nitrogens is 2. The minimum absolute atomic E-state index is 0.104. The van der Waals surface area contributed by atoms with Crippen molar-refractivity contribution >= 4 is 25.8 Å². The summed E-state index contributed by atoms with van der Waals surface area (Å²) in [6, 6.07) is 0.177. The molecule has 1 aromatic heterocycles. The fraction of sp³-hybridized carbons (Fsp3) is 0.545. The standard InChI is InChI=1S/C11H12F3N3O5S2/c12-11(13,14)24(20,21)22-10-3-4-23(18,19)17(7-10)9-5-15-16(6-9)8-1-2-8/h5-8H,1-4H2. The summed E-state index contributed by atoms with van der Waals surface area (Å²) in [6.45, 7) is 0. The lowest BCUT2D eigenvalue weighted by atomic mass is 10.4. The van der Waals surface area contributed by atoms with Gasteiger partial charge in [-0.2, -0.15) is 26.7 Å². The fourth-order valence-electron chi connectivity index (χ4n) is 2.07. The van der Waals surface area contributed by atoms with Crippen LogP contribution in [0.25, 0.3) is 0 Å². The van der Waals surface area contributed by atoms with Crippen molar-refractivity contribution < 1.29 is 34.2 Å². The van der Waals surface area contributed by atoms with Gasteiger partial charge in [0.2, 0.25) is 10.0 Å². The molecule has 1 aliphatic heterocycles. The van der Waals surface area contributed by atoms with Crippen molar-refractivity contribution in [2.24, 2.45) is 0 Å². The summed E-state index contributed by atoms with van der Waals surface area (Å²) >= 11 is 0. The molecule has 0 bridgehead atoms. The summed E-state index contributed by atoms with van der Waals surface area (Å²) in [6.07, 6.45) is 4.74. The highest BCUT2D eigenvalue weighted by Crippen LogP contribution is 2.36. The van der Waals surface area contributed by atoms with E-state index in [1.54, 1.807) is 4.68 Å². The number of sulfonamides is 1. The van der Waals surface area contributed by atoms with E-state index in [0.717, 1.165) is 19.0 Å². The number of hydrogen-bond acceptors (Lipinski definition) is 6. The van der Waals surface area contributed by atoms with Gasteiger partial charge in [-0.15, -0.1) is 0 Å². The maximum atomic E-state index is 12.4. The first-order valence-corrected chi connectivity index (χ1v) is 9.79. The van der Waals surface area contributed by atoms with E-state index in [-0.39, 0.29) is 11.7 Å². The summed E-state index contributed by atoms with van der Waals surface area (Å²) in [5.41, 5.74) is -5.49. The molecule has 0 unspecified atom stereocenters. The van der Waals surface area contributed by atoms with E-state index in [4.69, 9.17) is 0 Å². The Kier molecular flexibility index (Phi) is 3.82. The third kappa shape index (κ3) is 3.22. The van der Waals surface area contributed by atoms with Crippen molar-refractivity contribution in [1.82, 2.24) is 9.78 Å². The van der Waals surface area contributed by atoms with Crippen LogP contribution in [0.4, 0.5) is 18.9 Å². The smallest absolute Gasteiger partial charge is 0.379 e. The molecule has 1 saturated carbocycles. The molecular weight excluding hydrogens is 375 g/mol. The molecule has 0 N–H and O–H groups in total. The molecule has 8 nitrogen and oxygen atoms in total. The maximum absolute atomic E-state index is 12.4. The largest absolute Gasteiger partial charge is 0.534 e. The van der Waals surface area contributed by atoms with Gasteiger partial charge in [-0.1, -0.05) is 0 Å². The van der Waals surface area contributed by atoms with Gasteiger partial charge in [0.1, 0.15) is 5.76 Å². The lowest BCUT2D eigenvalue weighted by molar-refractivity contribution is -0.0523. The molecule has 1 fully saturated rings. The average molecular weight is 387 g/mol. The van der Waals surface area contributed by atoms with Crippen molar-refractivity contribution in [3.63, 3.8) is 0 Å². The molecule has 0 radical (unpaired) electrons. The number of halogens is 3. The molecule has 0 spiro atoms. The Morgan fingerprint density at radius 1 is 1.29 bits per heavy atom. The van der Waals surface area contributed by atoms with Gasteiger partial charge in [0, 0.05) is 12.6 Å². The maximum Gasteiger partial charge on any atom is 0.534 e. The number of anilines is 1. The van der Waals surface area contributed by atoms with Gasteiger partial charge < -0.3 is 4.18 Å². The minimum atomic E-state index is -5.85. The lowest BCUT2D eigenvalue weighted by Gasteiger charge is -2.25. The van der Waals surface area contributed by atoms with Gasteiger partial charge in [-0.3, -0.25) is 4.68 Å². The molecule has 13 heteroatoms. The Hall–Kier alpha value is -1.76. The van der Waals surface area contributed by atoms with Crippen LogP contribution in [0.5, 0.6) is 0 Å². The van der Waals surface area contributed by atoms with E-state index in [1.165, 1.54) is 12.4 Å². The Labute approximate surface area is 135 Å². The first kappa shape index (κ1) is 17.1. The second kappa shape index (κ2) is 5.37. The van der Waals surface area contributed by atoms with E-state index < -0.39 is 43.6 Å². The van der Waals surface area contributed by atoms with E-state index in [0.29, 0.717) is 4.31 Å². The van der Waals surface area contributed by atoms with Crippen LogP contribution in [0.15, 0.2) is 24.4 Å². The Balaban J connectivity index is 1.90. The summed E-state index contributed by atoms with van der Waals surface area (Å²) in [4.78, 5) is 0. The lowest BCUT2D eigenvalue weighted by Crippen LogP contribution is -2.34. The molecule has 2 aliphatic rings. The van der Waals surface area contributed by atoms with Crippen molar-refractivity contribution in [1.29, 1.82) is 0 Å². The molecule has 0 amide bonds. The number of hydrogen-bond donors (Lipinski definition) is 0. The van der Waals surface area contributed by atoms with Crippen molar-refractivity contribution in [2.45, 2.75) is 30.8 Å². The molecule has 0 saturated heterocycles. The van der Waals surface area contributed by atoms with Gasteiger partial charge in [0.25, 0.3) is 0 Å². The summed E-state index contributed by atoms with van der Waals surface area (Å²) in [7, 11) is -9.69. The monoisotopic (exact) mass is 387 g/mol. The molecular formula is C11H12F3N3O5S2. The minimum Gasteiger partial charge on any atom is -0.379 e. The van der Waals surface area contributed by atoms with E-state index in [2.05, 4.69) is 9.28 Å². The molecule has 2 heterocycles. The van der Waals surface area contributed by atoms with Gasteiger partial charge >= 0.3 is 15.6 Å². The van der Waals surface area contributed by atoms with Crippen LogP contribution in [0, 0.1) is 0 Å². The topological polar surface area (TPSA) is 98.6 Å². The van der Waals surface area contributed by atoms with E-state index in [1.807, 2.05) is 0 Å². The van der Waals surface area contributed by atoms with Crippen LogP contribution in [-0.2, 0) is 24.3 Å². The third-order valence-electron chi connectivity index (χ3n) is 3.43. The molecule has 3 rings (SSSR count). The van der Waals surface area contributed by atoms with Crippen LogP contribution in [-0.4, -0.2) is 37.9 Å². The van der Waals surface area contributed by atoms with Crippen molar-refractivity contribution in [3.05, 3.63) is 24.4 Å². The number of allylic oxidation sites excluding steroid dienone is 1. The number of alkyl halides is 3. The highest BCUT2D eigenvalue weighted by molar-refractivity contribution is 7.93. The number of nitrogens with zero attached hydrogens (tertiary/aromatic N) is 3. The fourth-order valence-corrected chi connectivity index (χ4v) is 3.92. The highest BCUT2D eigenvalue weighted by atomic mass is 32.2. The first-order valence-electron chi connectivity index (χ1n) is 6.77. The Morgan fingerprint density at radius 3 is 2.54 bits per heavy atom. The number of rotatable bonds is 4. The van der Waals surface area contributed by atoms with Crippen LogP contribution in [0.2, 0.25) is 0 Å². The average Bonchev–Trinajstić information content (AvgIpc) is 3.18. The highest BCUT2D eigenvalue weighted by Gasteiger charge is 2.49. The Bertz CT molecular complexity index is 884. The summed E-state index contributed by atoms with van der Waals surface area (Å²) in [5.74, 6) is -1.19. The first-order chi connectivity index (χ1) is 11.0. The van der Waals surface area contributed by atoms with Crippen LogP contribution in [0.3, 0.4) is 0 Å². The van der Waals surface area contributed by atoms with Gasteiger partial charge in [0.15, 0.2) is 0 Å². The predicted molar refractivity (Wildman–Crippen MR) is 75.5 cm³/mol. The zero-order valence-electron chi connectivity index (χ0n) is 12.0. The second-order valence-corrected chi connectivity index (χ2v) is 8.85. The quantitative estimate of drug-likeness (QED) is 0.573. The van der Waals surface area contributed by atoms with Crippen molar-refractivity contribution in [2.75, 3.05) is 10.1 Å². The molecule has 1 aliphatic carbocycles.